The van der Waals surface area contributed by atoms with Crippen LogP contribution in [0.2, 0.25) is 0 Å². The Morgan fingerprint density at radius 1 is 1.21 bits per heavy atom. The number of amides is 1. The van der Waals surface area contributed by atoms with Gasteiger partial charge in [0.25, 0.3) is 5.91 Å². The van der Waals surface area contributed by atoms with Crippen molar-refractivity contribution < 1.29 is 22.7 Å². The topological polar surface area (TPSA) is 38.3 Å². The first-order valence-electron chi connectivity index (χ1n) is 7.12. The first-order chi connectivity index (χ1) is 11.3. The number of carbonyl (C=O) groups excluding carboxylic acids is 1. The Kier molecular flexibility index (Phi) is 5.88. The number of nitrogens with one attached hydrogen (secondary N) is 1. The molecule has 1 unspecified atom stereocenters. The maximum absolute atomic E-state index is 12.7. The van der Waals surface area contributed by atoms with Crippen molar-refractivity contribution in [1.82, 2.24) is 5.32 Å². The van der Waals surface area contributed by atoms with Gasteiger partial charge in [-0.25, -0.2) is 0 Å². The smallest absolute Gasteiger partial charge is 0.416 e. The van der Waals surface area contributed by atoms with Gasteiger partial charge in [-0.05, 0) is 48.9 Å². The van der Waals surface area contributed by atoms with Crippen molar-refractivity contribution in [3.63, 3.8) is 0 Å². The average Bonchev–Trinajstić information content (AvgIpc) is 2.54. The Bertz CT molecular complexity index is 702. The molecule has 0 saturated heterocycles. The fraction of sp³-hybridized carbons (Fsp3) is 0.235. The van der Waals surface area contributed by atoms with Crippen LogP contribution in [0.4, 0.5) is 13.2 Å². The lowest BCUT2D eigenvalue weighted by molar-refractivity contribution is -0.137. The predicted molar refractivity (Wildman–Crippen MR) is 87.5 cm³/mol. The van der Waals surface area contributed by atoms with Crippen molar-refractivity contribution >= 4 is 21.8 Å². The van der Waals surface area contributed by atoms with Gasteiger partial charge in [0.05, 0.1) is 5.56 Å². The van der Waals surface area contributed by atoms with Crippen LogP contribution in [0.1, 0.15) is 18.1 Å². The van der Waals surface area contributed by atoms with E-state index in [2.05, 4.69) is 21.2 Å². The fourth-order valence-corrected chi connectivity index (χ4v) is 2.23. The summed E-state index contributed by atoms with van der Waals surface area (Å²) in [6, 6.07) is 11.8. The van der Waals surface area contributed by atoms with Gasteiger partial charge in [0.2, 0.25) is 0 Å². The third-order valence-corrected chi connectivity index (χ3v) is 3.75. The third-order valence-electron chi connectivity index (χ3n) is 3.22. The van der Waals surface area contributed by atoms with Gasteiger partial charge in [0.1, 0.15) is 5.75 Å². The zero-order valence-corrected chi connectivity index (χ0v) is 14.3. The minimum Gasteiger partial charge on any atom is -0.481 e. The van der Waals surface area contributed by atoms with E-state index >= 15 is 0 Å². The van der Waals surface area contributed by atoms with Crippen molar-refractivity contribution in [3.05, 3.63) is 64.1 Å². The highest BCUT2D eigenvalue weighted by Crippen LogP contribution is 2.29. The molecule has 0 saturated carbocycles. The first kappa shape index (κ1) is 18.3. The highest BCUT2D eigenvalue weighted by atomic mass is 79.9. The first-order valence-corrected chi connectivity index (χ1v) is 7.91. The van der Waals surface area contributed by atoms with Gasteiger partial charge < -0.3 is 10.1 Å². The van der Waals surface area contributed by atoms with Crippen LogP contribution >= 0.6 is 15.9 Å². The molecule has 2 aromatic rings. The van der Waals surface area contributed by atoms with Crippen LogP contribution < -0.4 is 10.1 Å². The molecule has 2 rings (SSSR count). The summed E-state index contributed by atoms with van der Waals surface area (Å²) in [6.45, 7) is 1.57. The Morgan fingerprint density at radius 2 is 1.88 bits per heavy atom. The summed E-state index contributed by atoms with van der Waals surface area (Å²) >= 11 is 3.30. The molecule has 7 heteroatoms. The average molecular weight is 402 g/mol. The molecular formula is C17H15BrF3NO2. The van der Waals surface area contributed by atoms with Gasteiger partial charge in [-0.3, -0.25) is 4.79 Å². The maximum atomic E-state index is 12.7. The van der Waals surface area contributed by atoms with E-state index in [1.807, 2.05) is 0 Å². The SMILES string of the molecule is CC(Oc1ccc(Br)cc1)C(=O)NCc1cccc(C(F)(F)F)c1. The van der Waals surface area contributed by atoms with E-state index in [0.717, 1.165) is 16.6 Å². The van der Waals surface area contributed by atoms with Gasteiger partial charge in [-0.1, -0.05) is 28.1 Å². The minimum absolute atomic E-state index is 0.00318. The van der Waals surface area contributed by atoms with Crippen molar-refractivity contribution in [3.8, 4) is 5.75 Å². The molecule has 0 aromatic heterocycles. The Balaban J connectivity index is 1.91. The maximum Gasteiger partial charge on any atom is 0.416 e. The standard InChI is InChI=1S/C17H15BrF3NO2/c1-11(24-15-7-5-14(18)6-8-15)16(23)22-10-12-3-2-4-13(9-12)17(19,20)21/h2-9,11H,10H2,1H3,(H,22,23). The lowest BCUT2D eigenvalue weighted by Gasteiger charge is -2.15. The van der Waals surface area contributed by atoms with Crippen molar-refractivity contribution in [2.24, 2.45) is 0 Å². The number of alkyl halides is 3. The Hall–Kier alpha value is -2.02. The zero-order valence-electron chi connectivity index (χ0n) is 12.7. The molecule has 128 valence electrons. The van der Waals surface area contributed by atoms with Gasteiger partial charge >= 0.3 is 6.18 Å². The van der Waals surface area contributed by atoms with Gasteiger partial charge in [0, 0.05) is 11.0 Å². The zero-order chi connectivity index (χ0) is 17.7. The summed E-state index contributed by atoms with van der Waals surface area (Å²) in [5.41, 5.74) is -0.373. The van der Waals surface area contributed by atoms with Crippen LogP contribution in [0.15, 0.2) is 53.0 Å². The normalized spacial score (nSPS) is 12.5. The molecule has 1 amide bonds. The van der Waals surface area contributed by atoms with E-state index in [9.17, 15) is 18.0 Å². The molecule has 24 heavy (non-hydrogen) atoms. The second-order valence-corrected chi connectivity index (χ2v) is 6.05. The van der Waals surface area contributed by atoms with Crippen LogP contribution in [0, 0.1) is 0 Å². The summed E-state index contributed by atoms with van der Waals surface area (Å²) in [4.78, 5) is 12.0. The van der Waals surface area contributed by atoms with E-state index in [1.54, 1.807) is 31.2 Å². The summed E-state index contributed by atoms with van der Waals surface area (Å²) in [5, 5.41) is 2.57. The van der Waals surface area contributed by atoms with Gasteiger partial charge in [-0.2, -0.15) is 13.2 Å². The Morgan fingerprint density at radius 3 is 2.50 bits per heavy atom. The van der Waals surface area contributed by atoms with Crippen LogP contribution in [0.3, 0.4) is 0 Å². The van der Waals surface area contributed by atoms with Crippen molar-refractivity contribution in [2.45, 2.75) is 25.7 Å². The van der Waals surface area contributed by atoms with E-state index in [-0.39, 0.29) is 6.54 Å². The second-order valence-electron chi connectivity index (χ2n) is 5.13. The largest absolute Gasteiger partial charge is 0.481 e. The van der Waals surface area contributed by atoms with Crippen LogP contribution in [0.5, 0.6) is 5.75 Å². The van der Waals surface area contributed by atoms with Crippen LogP contribution in [-0.4, -0.2) is 12.0 Å². The van der Waals surface area contributed by atoms with Crippen molar-refractivity contribution in [2.75, 3.05) is 0 Å². The molecule has 0 aliphatic rings. The monoisotopic (exact) mass is 401 g/mol. The number of hydrogen-bond donors (Lipinski definition) is 1. The summed E-state index contributed by atoms with van der Waals surface area (Å²) in [7, 11) is 0. The molecule has 3 nitrogen and oxygen atoms in total. The molecule has 0 bridgehead atoms. The number of ether oxygens (including phenoxy) is 1. The Labute approximate surface area is 146 Å². The second kappa shape index (κ2) is 7.70. The number of hydrogen-bond acceptors (Lipinski definition) is 2. The van der Waals surface area contributed by atoms with E-state index in [0.29, 0.717) is 11.3 Å². The third kappa shape index (κ3) is 5.26. The predicted octanol–water partition coefficient (Wildman–Crippen LogP) is 4.55. The molecule has 1 atom stereocenters. The number of carbonyl (C=O) groups is 1. The van der Waals surface area contributed by atoms with Crippen LogP contribution in [-0.2, 0) is 17.5 Å². The molecule has 0 aliphatic carbocycles. The van der Waals surface area contributed by atoms with Crippen LogP contribution in [0.25, 0.3) is 0 Å². The molecule has 0 fully saturated rings. The minimum atomic E-state index is -4.40. The molecule has 0 heterocycles. The van der Waals surface area contributed by atoms with Gasteiger partial charge in [0.15, 0.2) is 6.10 Å². The van der Waals surface area contributed by atoms with Crippen molar-refractivity contribution in [1.29, 1.82) is 0 Å². The number of halogens is 4. The summed E-state index contributed by atoms with van der Waals surface area (Å²) < 4.78 is 44.3. The molecular weight excluding hydrogens is 387 g/mol. The molecule has 2 aromatic carbocycles. The molecule has 0 aliphatic heterocycles. The molecule has 1 N–H and O–H groups in total. The lowest BCUT2D eigenvalue weighted by atomic mass is 10.1. The summed E-state index contributed by atoms with van der Waals surface area (Å²) in [5.74, 6) is 0.121. The highest BCUT2D eigenvalue weighted by Gasteiger charge is 2.30. The van der Waals surface area contributed by atoms with E-state index in [4.69, 9.17) is 4.74 Å². The highest BCUT2D eigenvalue weighted by molar-refractivity contribution is 9.10. The number of benzene rings is 2. The van der Waals surface area contributed by atoms with Gasteiger partial charge in [-0.15, -0.1) is 0 Å². The van der Waals surface area contributed by atoms with E-state index < -0.39 is 23.8 Å². The lowest BCUT2D eigenvalue weighted by Crippen LogP contribution is -2.35. The fourth-order valence-electron chi connectivity index (χ4n) is 1.96. The molecule has 0 radical (unpaired) electrons. The summed E-state index contributed by atoms with van der Waals surface area (Å²) in [6.07, 6.45) is -5.17. The number of rotatable bonds is 5. The molecule has 0 spiro atoms. The van der Waals surface area contributed by atoms with E-state index in [1.165, 1.54) is 12.1 Å². The quantitative estimate of drug-likeness (QED) is 0.797.